The topological polar surface area (TPSA) is 35.2 Å². The van der Waals surface area contributed by atoms with Crippen LogP contribution in [0, 0.1) is 0 Å². The van der Waals surface area contributed by atoms with Gasteiger partial charge >= 0.3 is 0 Å². The predicted molar refractivity (Wildman–Crippen MR) is 84.6 cm³/mol. The van der Waals surface area contributed by atoms with E-state index in [2.05, 4.69) is 20.0 Å². The summed E-state index contributed by atoms with van der Waals surface area (Å²) in [6.45, 7) is 6.47. The van der Waals surface area contributed by atoms with Crippen LogP contribution in [0.25, 0.3) is 0 Å². The predicted octanol–water partition coefficient (Wildman–Crippen LogP) is 2.00. The minimum atomic E-state index is 0.858. The first-order chi connectivity index (χ1) is 10.4. The van der Waals surface area contributed by atoms with E-state index in [1.807, 2.05) is 0 Å². The molecule has 116 valence electrons. The van der Waals surface area contributed by atoms with Crippen LogP contribution in [0.1, 0.15) is 49.1 Å². The van der Waals surface area contributed by atoms with Gasteiger partial charge in [0.05, 0.1) is 5.69 Å². The van der Waals surface area contributed by atoms with Gasteiger partial charge in [0.25, 0.3) is 0 Å². The highest BCUT2D eigenvalue weighted by Gasteiger charge is 2.30. The number of hydrogen-bond acceptors (Lipinski definition) is 3. The van der Waals surface area contributed by atoms with Gasteiger partial charge in [0.2, 0.25) is 0 Å². The largest absolute Gasteiger partial charge is 0.300 e. The molecule has 2 fully saturated rings. The standard InChI is InChI=1S/C17H28N4/c1-2-7-16-15(6-1)17(19-18-16)8-4-9-20-11-12-21-10-3-5-14(21)13-20/h14H,1-13H2,(H,18,19)/t14-/m0/s1. The number of nitrogens with one attached hydrogen (secondary N) is 1. The van der Waals surface area contributed by atoms with E-state index in [0.717, 1.165) is 12.5 Å². The molecule has 21 heavy (non-hydrogen) atoms. The fraction of sp³-hybridized carbons (Fsp3) is 0.824. The fourth-order valence-electron chi connectivity index (χ4n) is 4.49. The van der Waals surface area contributed by atoms with Crippen LogP contribution in [-0.4, -0.2) is 58.8 Å². The smallest absolute Gasteiger partial charge is 0.0657 e. The molecule has 3 heterocycles. The summed E-state index contributed by atoms with van der Waals surface area (Å²) in [4.78, 5) is 5.38. The van der Waals surface area contributed by atoms with E-state index < -0.39 is 0 Å². The molecule has 0 spiro atoms. The first kappa shape index (κ1) is 13.8. The quantitative estimate of drug-likeness (QED) is 0.920. The Morgan fingerprint density at radius 2 is 2.05 bits per heavy atom. The summed E-state index contributed by atoms with van der Waals surface area (Å²) in [6.07, 6.45) is 10.4. The molecule has 0 radical (unpaired) electrons. The minimum Gasteiger partial charge on any atom is -0.300 e. The fourth-order valence-corrected chi connectivity index (χ4v) is 4.49. The van der Waals surface area contributed by atoms with Crippen molar-refractivity contribution >= 4 is 0 Å². The van der Waals surface area contributed by atoms with Gasteiger partial charge in [-0.05, 0) is 70.0 Å². The monoisotopic (exact) mass is 288 g/mol. The summed E-state index contributed by atoms with van der Waals surface area (Å²) in [5.74, 6) is 0. The summed E-state index contributed by atoms with van der Waals surface area (Å²) in [5, 5.41) is 7.86. The van der Waals surface area contributed by atoms with Crippen LogP contribution in [0.3, 0.4) is 0 Å². The number of aromatic nitrogens is 2. The first-order valence-electron chi connectivity index (χ1n) is 8.91. The number of nitrogens with zero attached hydrogens (tertiary/aromatic N) is 3. The highest BCUT2D eigenvalue weighted by Crippen LogP contribution is 2.24. The van der Waals surface area contributed by atoms with Gasteiger partial charge in [-0.2, -0.15) is 5.10 Å². The molecule has 1 atom stereocenters. The van der Waals surface area contributed by atoms with E-state index in [9.17, 15) is 0 Å². The second kappa shape index (κ2) is 6.09. The van der Waals surface area contributed by atoms with E-state index in [1.165, 1.54) is 89.1 Å². The average Bonchev–Trinajstić information content (AvgIpc) is 3.14. The molecule has 4 nitrogen and oxygen atoms in total. The molecule has 0 saturated carbocycles. The molecular formula is C17H28N4. The van der Waals surface area contributed by atoms with Crippen molar-refractivity contribution < 1.29 is 0 Å². The van der Waals surface area contributed by atoms with Crippen LogP contribution in [0.4, 0.5) is 0 Å². The molecule has 0 unspecified atom stereocenters. The number of rotatable bonds is 4. The van der Waals surface area contributed by atoms with E-state index in [0.29, 0.717) is 0 Å². The molecule has 1 aliphatic carbocycles. The van der Waals surface area contributed by atoms with E-state index in [4.69, 9.17) is 0 Å². The molecule has 2 saturated heterocycles. The van der Waals surface area contributed by atoms with Crippen molar-refractivity contribution in [1.82, 2.24) is 20.0 Å². The zero-order chi connectivity index (χ0) is 14.1. The molecule has 0 bridgehead atoms. The Balaban J connectivity index is 1.27. The number of aromatic amines is 1. The van der Waals surface area contributed by atoms with Crippen LogP contribution in [0.5, 0.6) is 0 Å². The lowest BCUT2D eigenvalue weighted by Gasteiger charge is -2.37. The highest BCUT2D eigenvalue weighted by atomic mass is 15.3. The summed E-state index contributed by atoms with van der Waals surface area (Å²) in [6, 6.07) is 0.858. The summed E-state index contributed by atoms with van der Waals surface area (Å²) >= 11 is 0. The molecular weight excluding hydrogens is 260 g/mol. The first-order valence-corrected chi connectivity index (χ1v) is 8.91. The minimum absolute atomic E-state index is 0.858. The van der Waals surface area contributed by atoms with Crippen molar-refractivity contribution in [2.24, 2.45) is 0 Å². The Hall–Kier alpha value is -0.870. The maximum Gasteiger partial charge on any atom is 0.0657 e. The molecule has 4 rings (SSSR count). The van der Waals surface area contributed by atoms with Gasteiger partial charge in [0.15, 0.2) is 0 Å². The second-order valence-electron chi connectivity index (χ2n) is 7.07. The Kier molecular flexibility index (Phi) is 3.99. The van der Waals surface area contributed by atoms with Gasteiger partial charge in [-0.15, -0.1) is 0 Å². The Bertz CT molecular complexity index is 481. The SMILES string of the molecule is C1CCc2c(CCCN3CCN4CCC[C@H]4C3)n[nH]c2C1. The van der Waals surface area contributed by atoms with Crippen LogP contribution in [0.15, 0.2) is 0 Å². The average molecular weight is 288 g/mol. The molecule has 3 aliphatic rings. The van der Waals surface area contributed by atoms with E-state index in [-0.39, 0.29) is 0 Å². The lowest BCUT2D eigenvalue weighted by Crippen LogP contribution is -2.50. The van der Waals surface area contributed by atoms with Crippen LogP contribution >= 0.6 is 0 Å². The zero-order valence-corrected chi connectivity index (χ0v) is 13.1. The van der Waals surface area contributed by atoms with Crippen LogP contribution < -0.4 is 0 Å². The van der Waals surface area contributed by atoms with E-state index in [1.54, 1.807) is 5.56 Å². The third-order valence-electron chi connectivity index (χ3n) is 5.70. The molecule has 2 aliphatic heterocycles. The lowest BCUT2D eigenvalue weighted by atomic mass is 9.94. The summed E-state index contributed by atoms with van der Waals surface area (Å²) in [5.41, 5.74) is 4.35. The van der Waals surface area contributed by atoms with Crippen molar-refractivity contribution in [2.75, 3.05) is 32.7 Å². The molecule has 1 aromatic heterocycles. The van der Waals surface area contributed by atoms with Crippen LogP contribution in [-0.2, 0) is 19.3 Å². The Morgan fingerprint density at radius 1 is 1.10 bits per heavy atom. The van der Waals surface area contributed by atoms with E-state index >= 15 is 0 Å². The van der Waals surface area contributed by atoms with Gasteiger partial charge in [-0.1, -0.05) is 0 Å². The number of fused-ring (bicyclic) bond motifs is 2. The third kappa shape index (κ3) is 2.88. The Labute approximate surface area is 127 Å². The van der Waals surface area contributed by atoms with Crippen molar-refractivity contribution in [3.63, 3.8) is 0 Å². The van der Waals surface area contributed by atoms with Gasteiger partial charge in [0.1, 0.15) is 0 Å². The number of H-pyrrole nitrogens is 1. The maximum absolute atomic E-state index is 4.58. The molecule has 1 aromatic rings. The van der Waals surface area contributed by atoms with Gasteiger partial charge in [-0.3, -0.25) is 10.00 Å². The summed E-state index contributed by atoms with van der Waals surface area (Å²) < 4.78 is 0. The van der Waals surface area contributed by atoms with Crippen LogP contribution in [0.2, 0.25) is 0 Å². The molecule has 0 aromatic carbocycles. The molecule has 0 amide bonds. The van der Waals surface area contributed by atoms with Gasteiger partial charge in [0, 0.05) is 31.4 Å². The van der Waals surface area contributed by atoms with Crippen molar-refractivity contribution in [2.45, 2.75) is 57.4 Å². The lowest BCUT2D eigenvalue weighted by molar-refractivity contribution is 0.104. The second-order valence-corrected chi connectivity index (χ2v) is 7.07. The normalized spacial score (nSPS) is 26.8. The molecule has 4 heteroatoms. The van der Waals surface area contributed by atoms with Crippen molar-refractivity contribution in [3.05, 3.63) is 17.0 Å². The van der Waals surface area contributed by atoms with Gasteiger partial charge < -0.3 is 4.90 Å². The number of hydrogen-bond donors (Lipinski definition) is 1. The van der Waals surface area contributed by atoms with Gasteiger partial charge in [-0.25, -0.2) is 0 Å². The Morgan fingerprint density at radius 3 is 3.05 bits per heavy atom. The number of piperazine rings is 1. The zero-order valence-electron chi connectivity index (χ0n) is 13.1. The number of aryl methyl sites for hydroxylation is 2. The third-order valence-corrected chi connectivity index (χ3v) is 5.70. The summed E-state index contributed by atoms with van der Waals surface area (Å²) in [7, 11) is 0. The van der Waals surface area contributed by atoms with Crippen molar-refractivity contribution in [3.8, 4) is 0 Å². The van der Waals surface area contributed by atoms with Crippen molar-refractivity contribution in [1.29, 1.82) is 0 Å². The maximum atomic E-state index is 4.58. The molecule has 1 N–H and O–H groups in total. The highest BCUT2D eigenvalue weighted by molar-refractivity contribution is 5.27.